The smallest absolute Gasteiger partial charge is 0.233 e. The molecule has 1 aliphatic rings. The average molecular weight is 199 g/mol. The zero-order chi connectivity index (χ0) is 10.4. The van der Waals surface area contributed by atoms with Crippen LogP contribution in [0.25, 0.3) is 0 Å². The second-order valence-electron chi connectivity index (χ2n) is 3.97. The first-order chi connectivity index (χ1) is 6.76. The fourth-order valence-electron chi connectivity index (χ4n) is 1.95. The quantitative estimate of drug-likeness (QED) is 0.659. The van der Waals surface area contributed by atoms with Crippen molar-refractivity contribution in [3.8, 4) is 0 Å². The molecular formula is C10H21N3O. The van der Waals surface area contributed by atoms with Gasteiger partial charge >= 0.3 is 0 Å². The molecule has 0 radical (unpaired) electrons. The van der Waals surface area contributed by atoms with E-state index in [9.17, 15) is 4.79 Å². The third kappa shape index (κ3) is 3.64. The Bertz CT molecular complexity index is 176. The van der Waals surface area contributed by atoms with Gasteiger partial charge in [-0.25, -0.2) is 0 Å². The normalized spacial score (nSPS) is 19.6. The van der Waals surface area contributed by atoms with E-state index in [0.717, 1.165) is 32.0 Å². The number of hydrogen-bond acceptors (Lipinski definition) is 3. The molecule has 1 rings (SSSR count). The minimum absolute atomic E-state index is 0.113. The molecule has 4 heteroatoms. The lowest BCUT2D eigenvalue weighted by Crippen LogP contribution is -2.40. The number of likely N-dealkylation sites (tertiary alicyclic amines) is 1. The van der Waals surface area contributed by atoms with Gasteiger partial charge in [-0.05, 0) is 44.8 Å². The number of rotatable bonds is 4. The Labute approximate surface area is 85.8 Å². The van der Waals surface area contributed by atoms with Gasteiger partial charge in [0.2, 0.25) is 5.91 Å². The average Bonchev–Trinajstić information content (AvgIpc) is 2.21. The van der Waals surface area contributed by atoms with Crippen LogP contribution in [-0.4, -0.2) is 44.0 Å². The summed E-state index contributed by atoms with van der Waals surface area (Å²) >= 11 is 0. The van der Waals surface area contributed by atoms with Gasteiger partial charge in [-0.3, -0.25) is 9.69 Å². The van der Waals surface area contributed by atoms with Crippen molar-refractivity contribution in [2.24, 2.45) is 11.7 Å². The van der Waals surface area contributed by atoms with Gasteiger partial charge in [0.25, 0.3) is 0 Å². The van der Waals surface area contributed by atoms with Gasteiger partial charge < -0.3 is 11.1 Å². The zero-order valence-corrected chi connectivity index (χ0v) is 8.96. The molecule has 1 amide bonds. The molecule has 1 fully saturated rings. The van der Waals surface area contributed by atoms with E-state index in [-0.39, 0.29) is 5.91 Å². The molecule has 4 nitrogen and oxygen atoms in total. The lowest BCUT2D eigenvalue weighted by Gasteiger charge is -2.31. The van der Waals surface area contributed by atoms with Crippen LogP contribution in [0.2, 0.25) is 0 Å². The summed E-state index contributed by atoms with van der Waals surface area (Å²) in [6.45, 7) is 3.42. The predicted octanol–water partition coefficient (Wildman–Crippen LogP) is -0.207. The molecule has 1 saturated heterocycles. The number of nitrogens with zero attached hydrogens (tertiary/aromatic N) is 1. The van der Waals surface area contributed by atoms with Crippen LogP contribution in [0.1, 0.15) is 19.3 Å². The van der Waals surface area contributed by atoms with Crippen molar-refractivity contribution in [3.05, 3.63) is 0 Å². The van der Waals surface area contributed by atoms with Crippen molar-refractivity contribution in [1.82, 2.24) is 10.2 Å². The molecular weight excluding hydrogens is 178 g/mol. The Morgan fingerprint density at radius 3 is 2.64 bits per heavy atom. The molecule has 0 aromatic heterocycles. The number of nitrogens with two attached hydrogens (primary N) is 1. The SMILES string of the molecule is CNC(=O)CN1CCC(CCN)CC1. The van der Waals surface area contributed by atoms with E-state index < -0.39 is 0 Å². The van der Waals surface area contributed by atoms with Gasteiger partial charge in [-0.2, -0.15) is 0 Å². The van der Waals surface area contributed by atoms with Crippen molar-refractivity contribution in [3.63, 3.8) is 0 Å². The summed E-state index contributed by atoms with van der Waals surface area (Å²) in [4.78, 5) is 13.3. The summed E-state index contributed by atoms with van der Waals surface area (Å²) in [5.74, 6) is 0.892. The lowest BCUT2D eigenvalue weighted by molar-refractivity contribution is -0.122. The van der Waals surface area contributed by atoms with Crippen molar-refractivity contribution >= 4 is 5.91 Å². The molecule has 0 aromatic carbocycles. The minimum Gasteiger partial charge on any atom is -0.358 e. The van der Waals surface area contributed by atoms with E-state index in [4.69, 9.17) is 5.73 Å². The zero-order valence-electron chi connectivity index (χ0n) is 8.96. The number of carbonyl (C=O) groups is 1. The van der Waals surface area contributed by atoms with E-state index in [1.54, 1.807) is 7.05 Å². The van der Waals surface area contributed by atoms with E-state index in [0.29, 0.717) is 6.54 Å². The molecule has 3 N–H and O–H groups in total. The number of amides is 1. The van der Waals surface area contributed by atoms with Crippen molar-refractivity contribution in [2.75, 3.05) is 33.2 Å². The van der Waals surface area contributed by atoms with E-state index in [1.807, 2.05) is 0 Å². The van der Waals surface area contributed by atoms with Gasteiger partial charge in [-0.1, -0.05) is 0 Å². The molecule has 0 bridgehead atoms. The van der Waals surface area contributed by atoms with Crippen LogP contribution in [-0.2, 0) is 4.79 Å². The highest BCUT2D eigenvalue weighted by atomic mass is 16.1. The van der Waals surface area contributed by atoms with E-state index in [1.165, 1.54) is 12.8 Å². The molecule has 0 saturated carbocycles. The Hall–Kier alpha value is -0.610. The number of piperidine rings is 1. The lowest BCUT2D eigenvalue weighted by atomic mass is 9.94. The maximum atomic E-state index is 11.1. The monoisotopic (exact) mass is 199 g/mol. The van der Waals surface area contributed by atoms with Crippen LogP contribution in [0.15, 0.2) is 0 Å². The summed E-state index contributed by atoms with van der Waals surface area (Å²) in [6, 6.07) is 0. The predicted molar refractivity (Wildman–Crippen MR) is 56.9 cm³/mol. The van der Waals surface area contributed by atoms with Crippen molar-refractivity contribution in [2.45, 2.75) is 19.3 Å². The summed E-state index contributed by atoms with van der Waals surface area (Å²) in [5, 5.41) is 2.65. The van der Waals surface area contributed by atoms with Gasteiger partial charge in [0.1, 0.15) is 0 Å². The number of likely N-dealkylation sites (N-methyl/N-ethyl adjacent to an activating group) is 1. The first-order valence-corrected chi connectivity index (χ1v) is 5.39. The molecule has 0 aromatic rings. The van der Waals surface area contributed by atoms with Crippen LogP contribution in [0.4, 0.5) is 0 Å². The largest absolute Gasteiger partial charge is 0.358 e. The molecule has 0 unspecified atom stereocenters. The maximum Gasteiger partial charge on any atom is 0.233 e. The third-order valence-electron chi connectivity index (χ3n) is 2.93. The Kier molecular flexibility index (Phi) is 4.90. The Morgan fingerprint density at radius 2 is 2.14 bits per heavy atom. The standard InChI is InChI=1S/C10H21N3O/c1-12-10(14)8-13-6-3-9(2-5-11)4-7-13/h9H,2-8,11H2,1H3,(H,12,14). The summed E-state index contributed by atoms with van der Waals surface area (Å²) < 4.78 is 0. The highest BCUT2D eigenvalue weighted by Gasteiger charge is 2.19. The highest BCUT2D eigenvalue weighted by Crippen LogP contribution is 2.19. The van der Waals surface area contributed by atoms with Gasteiger partial charge in [0, 0.05) is 7.05 Å². The summed E-state index contributed by atoms with van der Waals surface area (Å²) in [6.07, 6.45) is 3.51. The highest BCUT2D eigenvalue weighted by molar-refractivity contribution is 5.77. The summed E-state index contributed by atoms with van der Waals surface area (Å²) in [5.41, 5.74) is 5.52. The number of carbonyl (C=O) groups excluding carboxylic acids is 1. The third-order valence-corrected chi connectivity index (χ3v) is 2.93. The van der Waals surface area contributed by atoms with Crippen LogP contribution >= 0.6 is 0 Å². The first kappa shape index (κ1) is 11.5. The van der Waals surface area contributed by atoms with Crippen LogP contribution in [0.3, 0.4) is 0 Å². The first-order valence-electron chi connectivity index (χ1n) is 5.39. The topological polar surface area (TPSA) is 58.4 Å². The molecule has 1 aliphatic heterocycles. The van der Waals surface area contributed by atoms with Gasteiger partial charge in [-0.15, -0.1) is 0 Å². The molecule has 0 aliphatic carbocycles. The van der Waals surface area contributed by atoms with Crippen molar-refractivity contribution in [1.29, 1.82) is 0 Å². The van der Waals surface area contributed by atoms with Crippen molar-refractivity contribution < 1.29 is 4.79 Å². The van der Waals surface area contributed by atoms with Gasteiger partial charge in [0.05, 0.1) is 6.54 Å². The molecule has 0 spiro atoms. The van der Waals surface area contributed by atoms with Crippen LogP contribution < -0.4 is 11.1 Å². The fourth-order valence-corrected chi connectivity index (χ4v) is 1.95. The Balaban J connectivity index is 2.18. The number of hydrogen-bond donors (Lipinski definition) is 2. The second-order valence-corrected chi connectivity index (χ2v) is 3.97. The molecule has 0 atom stereocenters. The van der Waals surface area contributed by atoms with Gasteiger partial charge in [0.15, 0.2) is 0 Å². The molecule has 14 heavy (non-hydrogen) atoms. The fraction of sp³-hybridized carbons (Fsp3) is 0.900. The maximum absolute atomic E-state index is 11.1. The van der Waals surface area contributed by atoms with Crippen LogP contribution in [0, 0.1) is 5.92 Å². The molecule has 82 valence electrons. The van der Waals surface area contributed by atoms with E-state index >= 15 is 0 Å². The summed E-state index contributed by atoms with van der Waals surface area (Å²) in [7, 11) is 1.68. The second kappa shape index (κ2) is 5.98. The minimum atomic E-state index is 0.113. The van der Waals surface area contributed by atoms with E-state index in [2.05, 4.69) is 10.2 Å². The molecule has 1 heterocycles. The number of nitrogens with one attached hydrogen (secondary N) is 1. The Morgan fingerprint density at radius 1 is 1.50 bits per heavy atom. The van der Waals surface area contributed by atoms with Crippen LogP contribution in [0.5, 0.6) is 0 Å².